The number of nitrogens with zero attached hydrogens (tertiary/aromatic N) is 5. The van der Waals surface area contributed by atoms with Crippen molar-refractivity contribution in [3.05, 3.63) is 115 Å². The van der Waals surface area contributed by atoms with Crippen LogP contribution in [-0.2, 0) is 6.18 Å². The van der Waals surface area contributed by atoms with Crippen LogP contribution in [0.2, 0.25) is 5.15 Å². The first-order valence-corrected chi connectivity index (χ1v) is 14.1. The molecule has 0 aliphatic carbocycles. The molecule has 0 N–H and O–H groups in total. The summed E-state index contributed by atoms with van der Waals surface area (Å²) in [5.41, 5.74) is 7.56. The number of rotatable bonds is 5. The topological polar surface area (TPSA) is 47.5 Å². The molecule has 2 heterocycles. The van der Waals surface area contributed by atoms with Crippen molar-refractivity contribution in [2.45, 2.75) is 40.8 Å². The molecule has 0 fully saturated rings. The quantitative estimate of drug-likeness (QED) is 0.188. The Kier molecular flexibility index (Phi) is 7.76. The molecular formula is C31H27ClF3N5S. The summed E-state index contributed by atoms with van der Waals surface area (Å²) in [5, 5.41) is 11.4. The number of hydrogen-bond acceptors (Lipinski definition) is 4. The molecule has 0 atom stereocenters. The second kappa shape index (κ2) is 11.1. The molecule has 0 radical (unpaired) electrons. The van der Waals surface area contributed by atoms with E-state index in [0.717, 1.165) is 45.8 Å². The Morgan fingerprint density at radius 2 is 1.59 bits per heavy atom. The molecule has 0 unspecified atom stereocenters. The standard InChI is InChI=1S/C31H27ClF3N5S/c1-18-12-13-23(14-21(18)4)27-17-41-30(37-28-19(2)8-6-9-20(28)3)40(27)36-16-26-22(5)38-39(29(26)32)25-11-7-10-24(15-25)31(33,34)35/h6-17H,1-5H3. The Morgan fingerprint density at radius 3 is 2.27 bits per heavy atom. The van der Waals surface area contributed by atoms with Crippen LogP contribution in [0.15, 0.2) is 76.1 Å². The van der Waals surface area contributed by atoms with E-state index >= 15 is 0 Å². The molecule has 0 aliphatic rings. The van der Waals surface area contributed by atoms with E-state index in [4.69, 9.17) is 21.7 Å². The highest BCUT2D eigenvalue weighted by atomic mass is 35.5. The number of aromatic nitrogens is 3. The fourth-order valence-electron chi connectivity index (χ4n) is 4.42. The van der Waals surface area contributed by atoms with E-state index < -0.39 is 11.7 Å². The lowest BCUT2D eigenvalue weighted by molar-refractivity contribution is -0.137. The normalized spacial score (nSPS) is 12.6. The summed E-state index contributed by atoms with van der Waals surface area (Å²) in [6, 6.07) is 17.1. The number of alkyl halides is 3. The van der Waals surface area contributed by atoms with Crippen molar-refractivity contribution >= 4 is 34.8 Å². The van der Waals surface area contributed by atoms with Crippen molar-refractivity contribution in [3.8, 4) is 16.9 Å². The summed E-state index contributed by atoms with van der Waals surface area (Å²) >= 11 is 8.14. The van der Waals surface area contributed by atoms with Gasteiger partial charge in [-0.15, -0.1) is 11.3 Å². The monoisotopic (exact) mass is 593 g/mol. The van der Waals surface area contributed by atoms with Gasteiger partial charge in [-0.3, -0.25) is 0 Å². The van der Waals surface area contributed by atoms with Crippen LogP contribution in [0.5, 0.6) is 0 Å². The lowest BCUT2D eigenvalue weighted by Gasteiger charge is -2.09. The van der Waals surface area contributed by atoms with Gasteiger partial charge < -0.3 is 0 Å². The van der Waals surface area contributed by atoms with Crippen LogP contribution < -0.4 is 4.80 Å². The van der Waals surface area contributed by atoms with Crippen molar-refractivity contribution in [1.29, 1.82) is 0 Å². The fraction of sp³-hybridized carbons (Fsp3) is 0.194. The third kappa shape index (κ3) is 5.78. The van der Waals surface area contributed by atoms with Crippen LogP contribution in [0.4, 0.5) is 18.9 Å². The van der Waals surface area contributed by atoms with E-state index in [2.05, 4.69) is 31.1 Å². The largest absolute Gasteiger partial charge is 0.416 e. The molecular weight excluding hydrogens is 567 g/mol. The minimum Gasteiger partial charge on any atom is -0.221 e. The van der Waals surface area contributed by atoms with Crippen molar-refractivity contribution in [3.63, 3.8) is 0 Å². The summed E-state index contributed by atoms with van der Waals surface area (Å²) in [6.45, 7) is 9.90. The molecule has 0 aliphatic heterocycles. The Morgan fingerprint density at radius 1 is 0.878 bits per heavy atom. The summed E-state index contributed by atoms with van der Waals surface area (Å²) in [5.74, 6) is 0. The maximum Gasteiger partial charge on any atom is 0.416 e. The Balaban J connectivity index is 1.65. The zero-order chi connectivity index (χ0) is 29.5. The van der Waals surface area contributed by atoms with Gasteiger partial charge in [-0.2, -0.15) is 23.4 Å². The van der Waals surface area contributed by atoms with Crippen LogP contribution in [0.1, 0.15) is 39.1 Å². The highest BCUT2D eigenvalue weighted by Gasteiger charge is 2.31. The van der Waals surface area contributed by atoms with Crippen molar-refractivity contribution in [1.82, 2.24) is 14.5 Å². The van der Waals surface area contributed by atoms with Crippen molar-refractivity contribution in [2.24, 2.45) is 10.1 Å². The maximum absolute atomic E-state index is 13.3. The SMILES string of the molecule is Cc1ccc(-c2csc(=Nc3c(C)cccc3C)n2N=Cc2c(C)nn(-c3cccc(C(F)(F)F)c3)c2Cl)cc1C. The van der Waals surface area contributed by atoms with Gasteiger partial charge >= 0.3 is 6.18 Å². The van der Waals surface area contributed by atoms with Gasteiger partial charge in [-0.05, 0) is 81.1 Å². The van der Waals surface area contributed by atoms with Gasteiger partial charge in [-0.1, -0.05) is 48.0 Å². The molecule has 210 valence electrons. The fourth-order valence-corrected chi connectivity index (χ4v) is 5.59. The lowest BCUT2D eigenvalue weighted by Crippen LogP contribution is -2.12. The molecule has 0 amide bonds. The maximum atomic E-state index is 13.3. The number of aryl methyl sites for hydroxylation is 5. The molecule has 0 bridgehead atoms. The number of hydrogen-bond donors (Lipinski definition) is 0. The Bertz CT molecular complexity index is 1840. The van der Waals surface area contributed by atoms with Crippen LogP contribution >= 0.6 is 22.9 Å². The molecule has 5 aromatic rings. The number of benzene rings is 3. The summed E-state index contributed by atoms with van der Waals surface area (Å²) in [4.78, 5) is 5.63. The molecule has 0 saturated heterocycles. The Hall–Kier alpha value is -3.95. The van der Waals surface area contributed by atoms with Crippen LogP contribution in [0, 0.1) is 34.6 Å². The van der Waals surface area contributed by atoms with Gasteiger partial charge in [0, 0.05) is 10.9 Å². The number of para-hydroxylation sites is 1. The average Bonchev–Trinajstić information content (AvgIpc) is 3.45. The van der Waals surface area contributed by atoms with Crippen molar-refractivity contribution in [2.75, 3.05) is 0 Å². The first-order chi connectivity index (χ1) is 19.4. The first-order valence-electron chi connectivity index (χ1n) is 12.8. The van der Waals surface area contributed by atoms with Gasteiger partial charge in [0.15, 0.2) is 0 Å². The van der Waals surface area contributed by atoms with E-state index in [1.165, 1.54) is 33.7 Å². The predicted molar refractivity (Wildman–Crippen MR) is 160 cm³/mol. The van der Waals surface area contributed by atoms with Gasteiger partial charge in [-0.25, -0.2) is 14.4 Å². The zero-order valence-electron chi connectivity index (χ0n) is 23.1. The molecule has 10 heteroatoms. The minimum absolute atomic E-state index is 0.155. The van der Waals surface area contributed by atoms with Crippen LogP contribution in [-0.4, -0.2) is 20.7 Å². The van der Waals surface area contributed by atoms with Crippen LogP contribution in [0.25, 0.3) is 16.9 Å². The third-order valence-electron chi connectivity index (χ3n) is 6.90. The van der Waals surface area contributed by atoms with Gasteiger partial charge in [0.05, 0.1) is 40.1 Å². The van der Waals surface area contributed by atoms with E-state index in [1.54, 1.807) is 17.8 Å². The smallest absolute Gasteiger partial charge is 0.221 e. The predicted octanol–water partition coefficient (Wildman–Crippen LogP) is 8.73. The highest BCUT2D eigenvalue weighted by Crippen LogP contribution is 2.32. The van der Waals surface area contributed by atoms with Gasteiger partial charge in [0.25, 0.3) is 0 Å². The average molecular weight is 594 g/mol. The molecule has 5 nitrogen and oxygen atoms in total. The van der Waals surface area contributed by atoms with E-state index in [0.29, 0.717) is 16.1 Å². The molecule has 2 aromatic heterocycles. The first kappa shape index (κ1) is 28.6. The second-order valence-corrected chi connectivity index (χ2v) is 11.1. The summed E-state index contributed by atoms with van der Waals surface area (Å²) < 4.78 is 43.0. The van der Waals surface area contributed by atoms with Crippen LogP contribution in [0.3, 0.4) is 0 Å². The number of halogens is 4. The summed E-state index contributed by atoms with van der Waals surface area (Å²) in [7, 11) is 0. The second-order valence-electron chi connectivity index (χ2n) is 9.86. The molecule has 41 heavy (non-hydrogen) atoms. The van der Waals surface area contributed by atoms with Crippen molar-refractivity contribution < 1.29 is 13.2 Å². The lowest BCUT2D eigenvalue weighted by atomic mass is 10.1. The van der Waals surface area contributed by atoms with Gasteiger partial charge in [0.1, 0.15) is 5.15 Å². The minimum atomic E-state index is -4.48. The molecule has 3 aromatic carbocycles. The van der Waals surface area contributed by atoms with E-state index in [9.17, 15) is 13.2 Å². The zero-order valence-corrected chi connectivity index (χ0v) is 24.7. The summed E-state index contributed by atoms with van der Waals surface area (Å²) in [6.07, 6.45) is -2.90. The van der Waals surface area contributed by atoms with E-state index in [1.807, 2.05) is 43.5 Å². The molecule has 5 rings (SSSR count). The third-order valence-corrected chi connectivity index (χ3v) is 8.08. The highest BCUT2D eigenvalue weighted by molar-refractivity contribution is 7.07. The molecule has 0 saturated carbocycles. The van der Waals surface area contributed by atoms with Gasteiger partial charge in [0.2, 0.25) is 4.80 Å². The van der Waals surface area contributed by atoms with E-state index in [-0.39, 0.29) is 10.8 Å². The Labute approximate surface area is 244 Å². The number of thiazole rings is 1. The molecule has 0 spiro atoms.